The number of nitrogens with two attached hydrogens (primary N) is 1. The number of benzene rings is 1. The van der Waals surface area contributed by atoms with Crippen molar-refractivity contribution in [2.75, 3.05) is 5.75 Å². The number of rotatable bonds is 6. The van der Waals surface area contributed by atoms with E-state index in [2.05, 4.69) is 6.92 Å². The van der Waals surface area contributed by atoms with Crippen LogP contribution in [0, 0.1) is 5.41 Å². The van der Waals surface area contributed by atoms with E-state index in [9.17, 15) is 0 Å². The van der Waals surface area contributed by atoms with Gasteiger partial charge in [0.2, 0.25) is 0 Å². The fraction of sp³-hybridized carbons (Fsp3) is 0.214. The third-order valence-electron chi connectivity index (χ3n) is 2.51. The predicted octanol–water partition coefficient (Wildman–Crippen LogP) is 3.72. The number of ether oxygens (including phenoxy) is 1. The minimum atomic E-state index is 0.0535. The molecule has 1 aromatic heterocycles. The molecule has 0 aliphatic rings. The second kappa shape index (κ2) is 6.63. The minimum absolute atomic E-state index is 0.0535. The van der Waals surface area contributed by atoms with Crippen LogP contribution in [0.15, 0.2) is 40.6 Å². The summed E-state index contributed by atoms with van der Waals surface area (Å²) in [5, 5.41) is 9.76. The van der Waals surface area contributed by atoms with Gasteiger partial charge in [0, 0.05) is 9.77 Å². The van der Waals surface area contributed by atoms with Crippen molar-refractivity contribution in [2.24, 2.45) is 5.73 Å². The topological polar surface area (TPSA) is 59.1 Å². The molecule has 0 fully saturated rings. The van der Waals surface area contributed by atoms with E-state index in [0.29, 0.717) is 17.9 Å². The number of hydrogen-bond acceptors (Lipinski definition) is 4. The fourth-order valence-corrected chi connectivity index (χ4v) is 3.17. The summed E-state index contributed by atoms with van der Waals surface area (Å²) in [5.41, 5.74) is 6.39. The summed E-state index contributed by atoms with van der Waals surface area (Å²) in [6.45, 7) is 2.59. The average Bonchev–Trinajstić information content (AvgIpc) is 2.89. The molecule has 2 aromatic rings. The summed E-state index contributed by atoms with van der Waals surface area (Å²) < 4.78 is 5.81. The molecule has 0 amide bonds. The lowest BCUT2D eigenvalue weighted by atomic mass is 10.2. The van der Waals surface area contributed by atoms with Crippen LogP contribution in [0.5, 0.6) is 5.75 Å². The van der Waals surface area contributed by atoms with Gasteiger partial charge in [0.15, 0.2) is 0 Å². The zero-order chi connectivity index (χ0) is 13.7. The summed E-state index contributed by atoms with van der Waals surface area (Å²) in [4.78, 5) is 2.15. The molecule has 3 nitrogen and oxygen atoms in total. The first-order valence-electron chi connectivity index (χ1n) is 5.97. The molecule has 1 aromatic carbocycles. The van der Waals surface area contributed by atoms with Crippen molar-refractivity contribution in [1.29, 1.82) is 5.41 Å². The Morgan fingerprint density at radius 3 is 2.84 bits per heavy atom. The van der Waals surface area contributed by atoms with Crippen molar-refractivity contribution in [2.45, 2.75) is 18.4 Å². The van der Waals surface area contributed by atoms with E-state index in [4.69, 9.17) is 15.9 Å². The van der Waals surface area contributed by atoms with Gasteiger partial charge in [-0.2, -0.15) is 0 Å². The molecule has 100 valence electrons. The van der Waals surface area contributed by atoms with Gasteiger partial charge in [0.1, 0.15) is 18.2 Å². The van der Waals surface area contributed by atoms with E-state index in [0.717, 1.165) is 15.5 Å². The highest BCUT2D eigenvalue weighted by molar-refractivity contribution is 7.99. The second-order valence-electron chi connectivity index (χ2n) is 3.84. The molecular formula is C14H16N2OS2. The molecule has 5 heteroatoms. The summed E-state index contributed by atoms with van der Waals surface area (Å²) in [5.74, 6) is 1.67. The third kappa shape index (κ3) is 3.52. The molecule has 1 heterocycles. The normalized spacial score (nSPS) is 10.4. The monoisotopic (exact) mass is 292 g/mol. The quantitative estimate of drug-likeness (QED) is 0.484. The van der Waals surface area contributed by atoms with Crippen LogP contribution in [0.4, 0.5) is 0 Å². The molecule has 0 spiro atoms. The highest BCUT2D eigenvalue weighted by atomic mass is 32.2. The minimum Gasteiger partial charge on any atom is -0.487 e. The molecule has 0 atom stereocenters. The maximum atomic E-state index is 7.74. The number of amidine groups is 1. The van der Waals surface area contributed by atoms with Crippen molar-refractivity contribution in [3.05, 3.63) is 46.2 Å². The Labute approximate surface area is 121 Å². The molecule has 2 rings (SSSR count). The molecule has 0 aliphatic heterocycles. The summed E-state index contributed by atoms with van der Waals surface area (Å²) in [7, 11) is 0. The Hall–Kier alpha value is -1.46. The standard InChI is InChI=1S/C14H16N2OS2/c1-2-18-12-7-3-6-11(13(12)14(15)16)17-9-10-5-4-8-19-10/h3-8H,2,9H2,1H3,(H3,15,16). The molecule has 0 unspecified atom stereocenters. The molecule has 3 N–H and O–H groups in total. The maximum absolute atomic E-state index is 7.74. The molecule has 0 saturated heterocycles. The highest BCUT2D eigenvalue weighted by Crippen LogP contribution is 2.30. The Bertz CT molecular complexity index is 553. The van der Waals surface area contributed by atoms with Gasteiger partial charge in [-0.05, 0) is 29.3 Å². The van der Waals surface area contributed by atoms with Crippen molar-refractivity contribution >= 4 is 28.9 Å². The van der Waals surface area contributed by atoms with Crippen LogP contribution < -0.4 is 10.5 Å². The zero-order valence-electron chi connectivity index (χ0n) is 10.7. The van der Waals surface area contributed by atoms with Gasteiger partial charge in [-0.1, -0.05) is 19.1 Å². The number of thiophene rings is 1. The van der Waals surface area contributed by atoms with Gasteiger partial charge in [0.25, 0.3) is 0 Å². The maximum Gasteiger partial charge on any atom is 0.131 e. The van der Waals surface area contributed by atoms with Gasteiger partial charge in [-0.15, -0.1) is 23.1 Å². The van der Waals surface area contributed by atoms with Crippen molar-refractivity contribution in [1.82, 2.24) is 0 Å². The summed E-state index contributed by atoms with van der Waals surface area (Å²) in [6.07, 6.45) is 0. The third-order valence-corrected chi connectivity index (χ3v) is 4.30. The summed E-state index contributed by atoms with van der Waals surface area (Å²) >= 11 is 3.33. The van der Waals surface area contributed by atoms with Gasteiger partial charge >= 0.3 is 0 Å². The summed E-state index contributed by atoms with van der Waals surface area (Å²) in [6, 6.07) is 9.81. The van der Waals surface area contributed by atoms with Crippen LogP contribution in [-0.2, 0) is 6.61 Å². The zero-order valence-corrected chi connectivity index (χ0v) is 12.3. The van der Waals surface area contributed by atoms with Crippen LogP contribution in [0.25, 0.3) is 0 Å². The first kappa shape index (κ1) is 14.0. The van der Waals surface area contributed by atoms with E-state index in [1.54, 1.807) is 23.1 Å². The van der Waals surface area contributed by atoms with Crippen LogP contribution in [0.2, 0.25) is 0 Å². The molecule has 19 heavy (non-hydrogen) atoms. The Morgan fingerprint density at radius 2 is 2.21 bits per heavy atom. The fourth-order valence-electron chi connectivity index (χ4n) is 1.72. The number of thioether (sulfide) groups is 1. The number of nitrogens with one attached hydrogen (secondary N) is 1. The van der Waals surface area contributed by atoms with E-state index in [-0.39, 0.29) is 5.84 Å². The second-order valence-corrected chi connectivity index (χ2v) is 6.18. The highest BCUT2D eigenvalue weighted by Gasteiger charge is 2.12. The van der Waals surface area contributed by atoms with Gasteiger partial charge < -0.3 is 10.5 Å². The van der Waals surface area contributed by atoms with Gasteiger partial charge in [-0.25, -0.2) is 0 Å². The molecular weight excluding hydrogens is 276 g/mol. The van der Waals surface area contributed by atoms with Gasteiger partial charge in [-0.3, -0.25) is 5.41 Å². The Kier molecular flexibility index (Phi) is 4.87. The van der Waals surface area contributed by atoms with Crippen molar-refractivity contribution in [3.63, 3.8) is 0 Å². The van der Waals surface area contributed by atoms with Crippen molar-refractivity contribution < 1.29 is 4.74 Å². The number of hydrogen-bond donors (Lipinski definition) is 2. The molecule has 0 radical (unpaired) electrons. The lowest BCUT2D eigenvalue weighted by molar-refractivity contribution is 0.308. The molecule has 0 bridgehead atoms. The number of nitrogen functional groups attached to an aromatic ring is 1. The van der Waals surface area contributed by atoms with E-state index in [1.807, 2.05) is 35.7 Å². The first-order valence-corrected chi connectivity index (χ1v) is 7.84. The van der Waals surface area contributed by atoms with E-state index in [1.165, 1.54) is 0 Å². The Balaban J connectivity index is 2.23. The average molecular weight is 292 g/mol. The van der Waals surface area contributed by atoms with Crippen LogP contribution in [-0.4, -0.2) is 11.6 Å². The van der Waals surface area contributed by atoms with Crippen molar-refractivity contribution in [3.8, 4) is 5.75 Å². The van der Waals surface area contributed by atoms with Crippen LogP contribution >= 0.6 is 23.1 Å². The first-order chi connectivity index (χ1) is 9.22. The Morgan fingerprint density at radius 1 is 1.37 bits per heavy atom. The van der Waals surface area contributed by atoms with Crippen LogP contribution in [0.1, 0.15) is 17.4 Å². The lowest BCUT2D eigenvalue weighted by Gasteiger charge is -2.13. The van der Waals surface area contributed by atoms with E-state index >= 15 is 0 Å². The lowest BCUT2D eigenvalue weighted by Crippen LogP contribution is -2.14. The largest absolute Gasteiger partial charge is 0.487 e. The molecule has 0 saturated carbocycles. The van der Waals surface area contributed by atoms with Gasteiger partial charge in [0.05, 0.1) is 5.56 Å². The van der Waals surface area contributed by atoms with Crippen LogP contribution in [0.3, 0.4) is 0 Å². The SMILES string of the molecule is CCSc1cccc(OCc2cccs2)c1C(=N)N. The van der Waals surface area contributed by atoms with E-state index < -0.39 is 0 Å². The molecule has 0 aliphatic carbocycles. The smallest absolute Gasteiger partial charge is 0.131 e. The predicted molar refractivity (Wildman–Crippen MR) is 82.5 cm³/mol.